The predicted molar refractivity (Wildman–Crippen MR) is 76.5 cm³/mol. The van der Waals surface area contributed by atoms with Gasteiger partial charge < -0.3 is 4.74 Å². The van der Waals surface area contributed by atoms with Gasteiger partial charge >= 0.3 is 0 Å². The molecule has 2 rings (SSSR count). The Hall–Kier alpha value is -2.09. The molecule has 0 N–H and O–H groups in total. The van der Waals surface area contributed by atoms with E-state index in [-0.39, 0.29) is 5.78 Å². The molecule has 19 heavy (non-hydrogen) atoms. The molecule has 1 radical (unpaired) electrons. The van der Waals surface area contributed by atoms with Crippen LogP contribution in [0.15, 0.2) is 42.5 Å². The number of benzene rings is 2. The molecule has 0 aliphatic carbocycles. The van der Waals surface area contributed by atoms with Crippen molar-refractivity contribution in [2.75, 3.05) is 6.61 Å². The van der Waals surface area contributed by atoms with E-state index in [1.807, 2.05) is 50.2 Å². The average molecular weight is 253 g/mol. The van der Waals surface area contributed by atoms with Crippen LogP contribution in [-0.4, -0.2) is 12.4 Å². The molecule has 0 aliphatic rings. The van der Waals surface area contributed by atoms with Crippen LogP contribution in [0.5, 0.6) is 5.75 Å². The molecule has 0 fully saturated rings. The van der Waals surface area contributed by atoms with Gasteiger partial charge in [0.2, 0.25) is 0 Å². The first-order valence-corrected chi connectivity index (χ1v) is 6.53. The van der Waals surface area contributed by atoms with Crippen molar-refractivity contribution in [3.8, 4) is 16.9 Å². The molecule has 0 saturated heterocycles. The van der Waals surface area contributed by atoms with Crippen LogP contribution in [0.1, 0.15) is 30.6 Å². The number of Topliss-reactive ketones (excluding diaryl/α,β-unsaturated/α-hetero) is 1. The SMILES string of the molecule is CCOc1cccc(-c2ccc[c]c2C(=O)CC)c1. The van der Waals surface area contributed by atoms with E-state index in [1.54, 1.807) is 6.07 Å². The number of carbonyl (C=O) groups is 1. The molecule has 2 aromatic rings. The minimum atomic E-state index is 0.109. The number of hydrogen-bond donors (Lipinski definition) is 0. The normalized spacial score (nSPS) is 10.2. The third-order valence-corrected chi connectivity index (χ3v) is 2.91. The first kappa shape index (κ1) is 13.3. The van der Waals surface area contributed by atoms with Crippen molar-refractivity contribution in [3.05, 3.63) is 54.1 Å². The van der Waals surface area contributed by atoms with Gasteiger partial charge in [-0.2, -0.15) is 0 Å². The Morgan fingerprint density at radius 1 is 1.21 bits per heavy atom. The second-order valence-electron chi connectivity index (χ2n) is 4.20. The summed E-state index contributed by atoms with van der Waals surface area (Å²) in [6.45, 7) is 4.45. The number of ketones is 1. The maximum Gasteiger partial charge on any atom is 0.163 e. The zero-order chi connectivity index (χ0) is 13.7. The summed E-state index contributed by atoms with van der Waals surface area (Å²) < 4.78 is 5.50. The van der Waals surface area contributed by atoms with Crippen molar-refractivity contribution in [3.63, 3.8) is 0 Å². The number of hydrogen-bond acceptors (Lipinski definition) is 2. The third-order valence-electron chi connectivity index (χ3n) is 2.91. The number of ether oxygens (including phenoxy) is 1. The summed E-state index contributed by atoms with van der Waals surface area (Å²) in [4.78, 5) is 12.0. The van der Waals surface area contributed by atoms with Crippen LogP contribution < -0.4 is 4.74 Å². The molecule has 2 aromatic carbocycles. The Bertz CT molecular complexity index is 573. The molecule has 0 aromatic heterocycles. The summed E-state index contributed by atoms with van der Waals surface area (Å²) >= 11 is 0. The molecule has 0 heterocycles. The van der Waals surface area contributed by atoms with Crippen molar-refractivity contribution in [2.45, 2.75) is 20.3 Å². The number of rotatable bonds is 5. The lowest BCUT2D eigenvalue weighted by molar-refractivity contribution is 0.0988. The maximum atomic E-state index is 12.0. The molecular formula is C17H17O2. The highest BCUT2D eigenvalue weighted by atomic mass is 16.5. The van der Waals surface area contributed by atoms with Crippen LogP contribution in [-0.2, 0) is 0 Å². The van der Waals surface area contributed by atoms with Gasteiger partial charge in [0.25, 0.3) is 0 Å². The van der Waals surface area contributed by atoms with Gasteiger partial charge in [0.15, 0.2) is 5.78 Å². The Morgan fingerprint density at radius 3 is 2.79 bits per heavy atom. The zero-order valence-electron chi connectivity index (χ0n) is 11.3. The van der Waals surface area contributed by atoms with E-state index < -0.39 is 0 Å². The van der Waals surface area contributed by atoms with E-state index in [0.29, 0.717) is 18.6 Å². The van der Waals surface area contributed by atoms with E-state index >= 15 is 0 Å². The Kier molecular flexibility index (Phi) is 4.35. The van der Waals surface area contributed by atoms with Gasteiger partial charge in [-0.25, -0.2) is 0 Å². The van der Waals surface area contributed by atoms with Gasteiger partial charge in [-0.05, 0) is 36.2 Å². The standard InChI is InChI=1S/C17H17O2/c1-3-17(18)16-11-6-5-10-15(16)13-8-7-9-14(12-13)19-4-2/h5-10,12H,3-4H2,1-2H3. The van der Waals surface area contributed by atoms with Gasteiger partial charge in [-0.15, -0.1) is 0 Å². The monoisotopic (exact) mass is 253 g/mol. The minimum absolute atomic E-state index is 0.109. The summed E-state index contributed by atoms with van der Waals surface area (Å²) in [5.74, 6) is 0.927. The van der Waals surface area contributed by atoms with E-state index in [1.165, 1.54) is 0 Å². The molecule has 2 nitrogen and oxygen atoms in total. The average Bonchev–Trinajstić information content (AvgIpc) is 2.47. The molecule has 0 atom stereocenters. The lowest BCUT2D eigenvalue weighted by Crippen LogP contribution is -2.00. The maximum absolute atomic E-state index is 12.0. The van der Waals surface area contributed by atoms with Crippen LogP contribution in [0, 0.1) is 6.07 Å². The molecule has 97 valence electrons. The van der Waals surface area contributed by atoms with Crippen LogP contribution in [0.3, 0.4) is 0 Å². The van der Waals surface area contributed by atoms with E-state index in [2.05, 4.69) is 6.07 Å². The van der Waals surface area contributed by atoms with E-state index in [4.69, 9.17) is 4.74 Å². The van der Waals surface area contributed by atoms with Gasteiger partial charge in [0, 0.05) is 12.0 Å². The molecule has 0 saturated carbocycles. The fraction of sp³-hybridized carbons (Fsp3) is 0.235. The molecule has 0 unspecified atom stereocenters. The smallest absolute Gasteiger partial charge is 0.163 e. The highest BCUT2D eigenvalue weighted by Gasteiger charge is 2.11. The molecule has 0 spiro atoms. The summed E-state index contributed by atoms with van der Waals surface area (Å²) in [5, 5.41) is 0. The summed E-state index contributed by atoms with van der Waals surface area (Å²) in [7, 11) is 0. The molecular weight excluding hydrogens is 236 g/mol. The first-order valence-electron chi connectivity index (χ1n) is 6.53. The molecule has 2 heteroatoms. The van der Waals surface area contributed by atoms with E-state index in [0.717, 1.165) is 16.9 Å². The van der Waals surface area contributed by atoms with Crippen molar-refractivity contribution in [2.24, 2.45) is 0 Å². The Labute approximate surface area is 114 Å². The van der Waals surface area contributed by atoms with Gasteiger partial charge in [0.1, 0.15) is 5.75 Å². The zero-order valence-corrected chi connectivity index (χ0v) is 11.3. The lowest BCUT2D eigenvalue weighted by Gasteiger charge is -2.09. The second-order valence-corrected chi connectivity index (χ2v) is 4.20. The highest BCUT2D eigenvalue weighted by molar-refractivity contribution is 6.01. The largest absolute Gasteiger partial charge is 0.494 e. The van der Waals surface area contributed by atoms with Gasteiger partial charge in [-0.3, -0.25) is 4.79 Å². The van der Waals surface area contributed by atoms with Crippen molar-refractivity contribution < 1.29 is 9.53 Å². The van der Waals surface area contributed by atoms with Crippen LogP contribution >= 0.6 is 0 Å². The Balaban J connectivity index is 2.46. The topological polar surface area (TPSA) is 26.3 Å². The van der Waals surface area contributed by atoms with Crippen molar-refractivity contribution in [1.29, 1.82) is 0 Å². The Morgan fingerprint density at radius 2 is 2.05 bits per heavy atom. The quantitative estimate of drug-likeness (QED) is 0.748. The number of carbonyl (C=O) groups excluding carboxylic acids is 1. The lowest BCUT2D eigenvalue weighted by atomic mass is 9.96. The van der Waals surface area contributed by atoms with Crippen LogP contribution in [0.25, 0.3) is 11.1 Å². The van der Waals surface area contributed by atoms with Crippen LogP contribution in [0.4, 0.5) is 0 Å². The molecule has 0 bridgehead atoms. The first-order chi connectivity index (χ1) is 9.26. The second kappa shape index (κ2) is 6.19. The van der Waals surface area contributed by atoms with Crippen molar-refractivity contribution >= 4 is 5.78 Å². The van der Waals surface area contributed by atoms with Gasteiger partial charge in [0.05, 0.1) is 6.61 Å². The fourth-order valence-corrected chi connectivity index (χ4v) is 2.00. The predicted octanol–water partition coefficient (Wildman–Crippen LogP) is 4.15. The highest BCUT2D eigenvalue weighted by Crippen LogP contribution is 2.27. The molecule has 0 amide bonds. The molecule has 0 aliphatic heterocycles. The summed E-state index contributed by atoms with van der Waals surface area (Å²) in [5.41, 5.74) is 2.55. The van der Waals surface area contributed by atoms with Gasteiger partial charge in [-0.1, -0.05) is 37.3 Å². The summed E-state index contributed by atoms with van der Waals surface area (Å²) in [6, 6.07) is 16.5. The minimum Gasteiger partial charge on any atom is -0.494 e. The van der Waals surface area contributed by atoms with E-state index in [9.17, 15) is 4.79 Å². The summed E-state index contributed by atoms with van der Waals surface area (Å²) in [6.07, 6.45) is 0.485. The fourth-order valence-electron chi connectivity index (χ4n) is 2.00. The third kappa shape index (κ3) is 3.02. The van der Waals surface area contributed by atoms with Crippen LogP contribution in [0.2, 0.25) is 0 Å². The van der Waals surface area contributed by atoms with Crippen molar-refractivity contribution in [1.82, 2.24) is 0 Å².